The van der Waals surface area contributed by atoms with Crippen molar-refractivity contribution in [3.05, 3.63) is 35.3 Å². The van der Waals surface area contributed by atoms with Gasteiger partial charge in [-0.25, -0.2) is 9.97 Å². The van der Waals surface area contributed by atoms with Crippen LogP contribution in [0.2, 0.25) is 0 Å². The van der Waals surface area contributed by atoms with Gasteiger partial charge in [0.25, 0.3) is 0 Å². The molecule has 0 atom stereocenters. The number of aryl methyl sites for hydroxylation is 1. The fourth-order valence-corrected chi connectivity index (χ4v) is 2.23. The van der Waals surface area contributed by atoms with E-state index in [4.69, 9.17) is 15.2 Å². The van der Waals surface area contributed by atoms with Crippen LogP contribution in [0.25, 0.3) is 0 Å². The van der Waals surface area contributed by atoms with E-state index in [1.54, 1.807) is 13.0 Å². The number of benzene rings is 1. The zero-order valence-corrected chi connectivity index (χ0v) is 14.0. The molecule has 6 heteroatoms. The lowest BCUT2D eigenvalue weighted by atomic mass is 9.98. The van der Waals surface area contributed by atoms with Crippen LogP contribution >= 0.6 is 0 Å². The normalized spacial score (nSPS) is 10.7. The minimum Gasteiger partial charge on any atom is -0.496 e. The van der Waals surface area contributed by atoms with Crippen molar-refractivity contribution in [1.29, 1.82) is 0 Å². The Hall–Kier alpha value is -2.63. The Bertz CT molecular complexity index is 742. The number of carbonyl (C=O) groups excluding carboxylic acids is 1. The molecule has 2 rings (SSSR count). The number of Topliss-reactive ketones (excluding diaryl/α,β-unsaturated/α-hetero) is 1. The van der Waals surface area contributed by atoms with E-state index in [1.807, 2.05) is 19.9 Å². The Morgan fingerprint density at radius 3 is 2.43 bits per heavy atom. The molecule has 1 aromatic carbocycles. The van der Waals surface area contributed by atoms with Gasteiger partial charge < -0.3 is 15.2 Å². The highest BCUT2D eigenvalue weighted by molar-refractivity contribution is 5.97. The zero-order valence-electron chi connectivity index (χ0n) is 14.0. The van der Waals surface area contributed by atoms with Crippen LogP contribution in [0.15, 0.2) is 18.3 Å². The van der Waals surface area contributed by atoms with E-state index in [0.29, 0.717) is 28.6 Å². The summed E-state index contributed by atoms with van der Waals surface area (Å²) >= 11 is 0. The van der Waals surface area contributed by atoms with Crippen LogP contribution in [0.1, 0.15) is 48.4 Å². The van der Waals surface area contributed by atoms with Gasteiger partial charge in [0.1, 0.15) is 17.3 Å². The number of aromatic nitrogens is 2. The zero-order chi connectivity index (χ0) is 17.1. The predicted molar refractivity (Wildman–Crippen MR) is 88.3 cm³/mol. The summed E-state index contributed by atoms with van der Waals surface area (Å²) in [7, 11) is 1.54. The number of hydrogen-bond donors (Lipinski definition) is 1. The molecule has 0 aliphatic rings. The number of hydrogen-bond acceptors (Lipinski definition) is 6. The summed E-state index contributed by atoms with van der Waals surface area (Å²) in [6.45, 7) is 7.30. The molecule has 0 unspecified atom stereocenters. The number of rotatable bonds is 5. The van der Waals surface area contributed by atoms with E-state index in [0.717, 1.165) is 5.56 Å². The van der Waals surface area contributed by atoms with Crippen molar-refractivity contribution >= 4 is 11.6 Å². The van der Waals surface area contributed by atoms with Crippen LogP contribution in [-0.4, -0.2) is 22.9 Å². The van der Waals surface area contributed by atoms with Crippen molar-refractivity contribution in [1.82, 2.24) is 9.97 Å². The van der Waals surface area contributed by atoms with Crippen LogP contribution < -0.4 is 15.2 Å². The van der Waals surface area contributed by atoms with E-state index in [9.17, 15) is 4.79 Å². The van der Waals surface area contributed by atoms with Crippen molar-refractivity contribution in [3.8, 4) is 17.2 Å². The monoisotopic (exact) mass is 315 g/mol. The summed E-state index contributed by atoms with van der Waals surface area (Å²) in [4.78, 5) is 20.0. The van der Waals surface area contributed by atoms with Gasteiger partial charge in [-0.1, -0.05) is 13.8 Å². The minimum atomic E-state index is -0.102. The summed E-state index contributed by atoms with van der Waals surface area (Å²) in [5, 5.41) is 0. The lowest BCUT2D eigenvalue weighted by Gasteiger charge is -2.17. The average Bonchev–Trinajstić information content (AvgIpc) is 2.49. The van der Waals surface area contributed by atoms with Crippen molar-refractivity contribution in [2.45, 2.75) is 33.6 Å². The topological polar surface area (TPSA) is 87.3 Å². The quantitative estimate of drug-likeness (QED) is 0.850. The van der Waals surface area contributed by atoms with Gasteiger partial charge in [0, 0.05) is 5.56 Å². The van der Waals surface area contributed by atoms with Crippen molar-refractivity contribution in [2.75, 3.05) is 12.8 Å². The third-order valence-electron chi connectivity index (χ3n) is 3.46. The van der Waals surface area contributed by atoms with E-state index in [2.05, 4.69) is 9.97 Å². The van der Waals surface area contributed by atoms with E-state index in [-0.39, 0.29) is 17.5 Å². The summed E-state index contributed by atoms with van der Waals surface area (Å²) in [6.07, 6.45) is 1.53. The van der Waals surface area contributed by atoms with E-state index < -0.39 is 0 Å². The number of ether oxygens (including phenoxy) is 2. The van der Waals surface area contributed by atoms with Gasteiger partial charge in [-0.05, 0) is 31.9 Å². The molecule has 0 radical (unpaired) electrons. The highest BCUT2D eigenvalue weighted by Crippen LogP contribution is 2.37. The van der Waals surface area contributed by atoms with Crippen LogP contribution in [0.3, 0.4) is 0 Å². The van der Waals surface area contributed by atoms with Crippen LogP contribution in [-0.2, 0) is 0 Å². The van der Waals surface area contributed by atoms with Gasteiger partial charge in [-0.15, -0.1) is 0 Å². The summed E-state index contributed by atoms with van der Waals surface area (Å²) in [5.74, 6) is 2.33. The molecule has 2 aromatic rings. The summed E-state index contributed by atoms with van der Waals surface area (Å²) < 4.78 is 11.2. The summed E-state index contributed by atoms with van der Waals surface area (Å²) in [6, 6.07) is 3.50. The van der Waals surface area contributed by atoms with Crippen molar-refractivity contribution < 1.29 is 14.3 Å². The first kappa shape index (κ1) is 16.7. The molecule has 1 heterocycles. The maximum Gasteiger partial charge on any atom is 0.187 e. The molecule has 2 N–H and O–H groups in total. The smallest absolute Gasteiger partial charge is 0.187 e. The second-order valence-electron chi connectivity index (χ2n) is 5.57. The maximum absolute atomic E-state index is 11.8. The molecular formula is C17H21N3O3. The number of anilines is 1. The van der Waals surface area contributed by atoms with Crippen LogP contribution in [0.5, 0.6) is 17.2 Å². The molecule has 0 aliphatic carbocycles. The second-order valence-corrected chi connectivity index (χ2v) is 5.57. The second kappa shape index (κ2) is 6.64. The molecular weight excluding hydrogens is 294 g/mol. The van der Waals surface area contributed by atoms with Gasteiger partial charge in [-0.3, -0.25) is 4.79 Å². The molecule has 0 saturated heterocycles. The van der Waals surface area contributed by atoms with E-state index >= 15 is 0 Å². The first-order valence-electron chi connectivity index (χ1n) is 7.33. The molecule has 0 spiro atoms. The fraction of sp³-hybridized carbons (Fsp3) is 0.353. The Morgan fingerprint density at radius 1 is 1.22 bits per heavy atom. The van der Waals surface area contributed by atoms with Gasteiger partial charge >= 0.3 is 0 Å². The Labute approximate surface area is 135 Å². The lowest BCUT2D eigenvalue weighted by molar-refractivity contribution is 0.101. The lowest BCUT2D eigenvalue weighted by Crippen LogP contribution is -2.04. The number of ketones is 1. The molecule has 0 amide bonds. The van der Waals surface area contributed by atoms with Gasteiger partial charge in [0.05, 0.1) is 18.9 Å². The molecule has 122 valence electrons. The molecule has 23 heavy (non-hydrogen) atoms. The van der Waals surface area contributed by atoms with Gasteiger partial charge in [-0.2, -0.15) is 0 Å². The molecule has 6 nitrogen and oxygen atoms in total. The van der Waals surface area contributed by atoms with Crippen molar-refractivity contribution in [2.24, 2.45) is 0 Å². The number of methoxy groups -OCH3 is 1. The first-order chi connectivity index (χ1) is 10.8. The van der Waals surface area contributed by atoms with E-state index in [1.165, 1.54) is 20.2 Å². The SMILES string of the molecule is COc1cc(C(C)C)c(Oc2cnc(C)nc2N)cc1C(C)=O. The van der Waals surface area contributed by atoms with Crippen LogP contribution in [0, 0.1) is 6.92 Å². The van der Waals surface area contributed by atoms with Crippen molar-refractivity contribution in [3.63, 3.8) is 0 Å². The molecule has 0 saturated carbocycles. The minimum absolute atomic E-state index is 0.102. The third kappa shape index (κ3) is 3.59. The highest BCUT2D eigenvalue weighted by Gasteiger charge is 2.18. The molecule has 0 aliphatic heterocycles. The van der Waals surface area contributed by atoms with Gasteiger partial charge in [0.2, 0.25) is 0 Å². The molecule has 0 bridgehead atoms. The Balaban J connectivity index is 2.55. The number of nitrogens with zero attached hydrogens (tertiary/aromatic N) is 2. The number of carbonyl (C=O) groups is 1. The first-order valence-corrected chi connectivity index (χ1v) is 7.33. The average molecular weight is 315 g/mol. The highest BCUT2D eigenvalue weighted by atomic mass is 16.5. The largest absolute Gasteiger partial charge is 0.496 e. The third-order valence-corrected chi connectivity index (χ3v) is 3.46. The standard InChI is InChI=1S/C17H21N3O3/c1-9(2)12-6-14(22-5)13(10(3)21)7-15(12)23-16-8-19-11(4)20-17(16)18/h6-9H,1-5H3,(H2,18,19,20). The molecule has 1 aromatic heterocycles. The molecule has 0 fully saturated rings. The maximum atomic E-state index is 11.8. The number of nitrogens with two attached hydrogens (primary N) is 1. The number of nitrogen functional groups attached to an aromatic ring is 1. The predicted octanol–water partition coefficient (Wildman–Crippen LogP) is 3.49. The summed E-state index contributed by atoms with van der Waals surface area (Å²) in [5.41, 5.74) is 7.25. The fourth-order valence-electron chi connectivity index (χ4n) is 2.23. The Kier molecular flexibility index (Phi) is 4.83. The van der Waals surface area contributed by atoms with Crippen LogP contribution in [0.4, 0.5) is 5.82 Å². The van der Waals surface area contributed by atoms with Gasteiger partial charge in [0.15, 0.2) is 17.4 Å². The Morgan fingerprint density at radius 2 is 1.91 bits per heavy atom.